The Morgan fingerprint density at radius 1 is 1.29 bits per heavy atom. The zero-order valence-corrected chi connectivity index (χ0v) is 19.2. The zero-order valence-electron chi connectivity index (χ0n) is 19.2. The Balaban J connectivity index is 1.47. The minimum Gasteiger partial charge on any atom is -0.487 e. The Bertz CT molecular complexity index is 930. The van der Waals surface area contributed by atoms with Gasteiger partial charge in [-0.15, -0.1) is 0 Å². The van der Waals surface area contributed by atoms with E-state index in [-0.39, 0.29) is 11.6 Å². The fourth-order valence-electron chi connectivity index (χ4n) is 4.99. The average molecular weight is 426 g/mol. The van der Waals surface area contributed by atoms with E-state index in [2.05, 4.69) is 58.8 Å². The number of aliphatic imine (C=N–C) groups is 1. The van der Waals surface area contributed by atoms with Gasteiger partial charge in [0.25, 0.3) is 0 Å². The van der Waals surface area contributed by atoms with Crippen LogP contribution in [0, 0.1) is 13.8 Å². The van der Waals surface area contributed by atoms with Crippen LogP contribution in [0.5, 0.6) is 5.75 Å². The SMILES string of the molecule is CN=C(NCc1c(C)nn(CCOC)c1C)NC1CC2(CCCC2)Oc2ccccc21. The maximum Gasteiger partial charge on any atom is 0.191 e. The van der Waals surface area contributed by atoms with Crippen molar-refractivity contribution in [1.82, 2.24) is 20.4 Å². The Kier molecular flexibility index (Phi) is 6.51. The summed E-state index contributed by atoms with van der Waals surface area (Å²) in [4.78, 5) is 4.51. The van der Waals surface area contributed by atoms with Crippen molar-refractivity contribution in [2.24, 2.45) is 4.99 Å². The van der Waals surface area contributed by atoms with Crippen molar-refractivity contribution >= 4 is 5.96 Å². The fourth-order valence-corrected chi connectivity index (χ4v) is 4.99. The molecule has 2 heterocycles. The van der Waals surface area contributed by atoms with E-state index in [4.69, 9.17) is 9.47 Å². The first kappa shape index (κ1) is 21.7. The molecule has 1 atom stereocenters. The topological polar surface area (TPSA) is 72.7 Å². The minimum absolute atomic E-state index is 0.0411. The van der Waals surface area contributed by atoms with E-state index in [9.17, 15) is 0 Å². The summed E-state index contributed by atoms with van der Waals surface area (Å²) < 4.78 is 13.7. The minimum atomic E-state index is -0.0411. The van der Waals surface area contributed by atoms with Crippen LogP contribution in [-0.2, 0) is 17.8 Å². The van der Waals surface area contributed by atoms with Gasteiger partial charge in [0, 0.05) is 43.9 Å². The largest absolute Gasteiger partial charge is 0.487 e. The van der Waals surface area contributed by atoms with Gasteiger partial charge in [-0.2, -0.15) is 5.10 Å². The quantitative estimate of drug-likeness (QED) is 0.546. The number of hydrogen-bond donors (Lipinski definition) is 2. The smallest absolute Gasteiger partial charge is 0.191 e. The number of aromatic nitrogens is 2. The first-order valence-corrected chi connectivity index (χ1v) is 11.3. The Hall–Kier alpha value is -2.54. The van der Waals surface area contributed by atoms with Crippen LogP contribution in [0.4, 0.5) is 0 Å². The van der Waals surface area contributed by atoms with Crippen LogP contribution < -0.4 is 15.4 Å². The number of guanidine groups is 1. The van der Waals surface area contributed by atoms with Gasteiger partial charge in [-0.3, -0.25) is 9.67 Å². The third-order valence-electron chi connectivity index (χ3n) is 6.72. The van der Waals surface area contributed by atoms with Crippen LogP contribution >= 0.6 is 0 Å². The molecular formula is C24H35N5O2. The van der Waals surface area contributed by atoms with Gasteiger partial charge in [0.2, 0.25) is 0 Å². The van der Waals surface area contributed by atoms with Gasteiger partial charge in [-0.05, 0) is 45.6 Å². The van der Waals surface area contributed by atoms with Crippen LogP contribution in [0.15, 0.2) is 29.3 Å². The first-order chi connectivity index (χ1) is 15.0. The number of fused-ring (bicyclic) bond motifs is 1. The van der Waals surface area contributed by atoms with Gasteiger partial charge in [0.05, 0.1) is 24.9 Å². The molecule has 0 amide bonds. The van der Waals surface area contributed by atoms with E-state index in [1.54, 1.807) is 7.11 Å². The standard InChI is InChI=1S/C24H35N5O2/c1-17-20(18(2)29(28-17)13-14-30-4)16-26-23(25-3)27-21-15-24(11-7-8-12-24)31-22-10-6-5-9-19(21)22/h5-6,9-10,21H,7-8,11-16H2,1-4H3,(H2,25,26,27). The average Bonchev–Trinajstić information content (AvgIpc) is 3.33. The zero-order chi connectivity index (χ0) is 21.8. The predicted molar refractivity (Wildman–Crippen MR) is 123 cm³/mol. The van der Waals surface area contributed by atoms with Crippen molar-refractivity contribution in [2.45, 2.75) is 70.7 Å². The van der Waals surface area contributed by atoms with Crippen LogP contribution in [0.25, 0.3) is 0 Å². The van der Waals surface area contributed by atoms with Gasteiger partial charge >= 0.3 is 0 Å². The predicted octanol–water partition coefficient (Wildman–Crippen LogP) is 3.65. The van der Waals surface area contributed by atoms with E-state index in [1.165, 1.54) is 29.7 Å². The van der Waals surface area contributed by atoms with Crippen LogP contribution in [0.3, 0.4) is 0 Å². The van der Waals surface area contributed by atoms with Crippen molar-refractivity contribution in [2.75, 3.05) is 20.8 Å². The van der Waals surface area contributed by atoms with Crippen molar-refractivity contribution < 1.29 is 9.47 Å². The highest BCUT2D eigenvalue weighted by atomic mass is 16.5. The summed E-state index contributed by atoms with van der Waals surface area (Å²) in [5.74, 6) is 1.81. The van der Waals surface area contributed by atoms with Crippen molar-refractivity contribution in [3.8, 4) is 5.75 Å². The van der Waals surface area contributed by atoms with Crippen molar-refractivity contribution in [3.63, 3.8) is 0 Å². The molecule has 1 aliphatic carbocycles. The third-order valence-corrected chi connectivity index (χ3v) is 6.72. The number of para-hydroxylation sites is 1. The lowest BCUT2D eigenvalue weighted by molar-refractivity contribution is 0.0396. The van der Waals surface area contributed by atoms with Crippen LogP contribution in [0.1, 0.15) is 60.7 Å². The molecule has 2 N–H and O–H groups in total. The molecule has 1 aromatic carbocycles. The summed E-state index contributed by atoms with van der Waals surface area (Å²) in [7, 11) is 3.54. The summed E-state index contributed by atoms with van der Waals surface area (Å²) in [6, 6.07) is 8.59. The highest BCUT2D eigenvalue weighted by molar-refractivity contribution is 5.80. The van der Waals surface area contributed by atoms with Gasteiger partial charge in [-0.25, -0.2) is 0 Å². The maximum absolute atomic E-state index is 6.50. The number of benzene rings is 1. The Morgan fingerprint density at radius 2 is 2.06 bits per heavy atom. The second-order valence-corrected chi connectivity index (χ2v) is 8.72. The monoisotopic (exact) mass is 425 g/mol. The number of rotatable bonds is 6. The number of nitrogens with zero attached hydrogens (tertiary/aromatic N) is 3. The van der Waals surface area contributed by atoms with E-state index >= 15 is 0 Å². The number of methoxy groups -OCH3 is 1. The first-order valence-electron chi connectivity index (χ1n) is 11.3. The third kappa shape index (κ3) is 4.56. The van der Waals surface area contributed by atoms with Crippen LogP contribution in [-0.4, -0.2) is 42.1 Å². The molecule has 1 fully saturated rings. The second-order valence-electron chi connectivity index (χ2n) is 8.72. The Labute approximate surface area is 185 Å². The summed E-state index contributed by atoms with van der Waals surface area (Å²) in [5.41, 5.74) is 4.58. The molecule has 0 radical (unpaired) electrons. The highest BCUT2D eigenvalue weighted by Gasteiger charge is 2.43. The summed E-state index contributed by atoms with van der Waals surface area (Å²) in [5, 5.41) is 11.8. The van der Waals surface area contributed by atoms with E-state index < -0.39 is 0 Å². The molecule has 7 nitrogen and oxygen atoms in total. The summed E-state index contributed by atoms with van der Waals surface area (Å²) in [6.45, 7) is 6.27. The summed E-state index contributed by atoms with van der Waals surface area (Å²) >= 11 is 0. The fraction of sp³-hybridized carbons (Fsp3) is 0.583. The van der Waals surface area contributed by atoms with Gasteiger partial charge < -0.3 is 20.1 Å². The molecule has 0 saturated heterocycles. The normalized spacial score (nSPS) is 19.9. The highest BCUT2D eigenvalue weighted by Crippen LogP contribution is 2.46. The van der Waals surface area contributed by atoms with Crippen LogP contribution in [0.2, 0.25) is 0 Å². The second kappa shape index (κ2) is 9.30. The molecule has 2 aliphatic rings. The molecular weight excluding hydrogens is 390 g/mol. The molecule has 2 aromatic rings. The molecule has 168 valence electrons. The van der Waals surface area contributed by atoms with Gasteiger partial charge in [0.1, 0.15) is 11.4 Å². The number of nitrogens with one attached hydrogen (secondary N) is 2. The molecule has 7 heteroatoms. The van der Waals surface area contributed by atoms with Crippen molar-refractivity contribution in [1.29, 1.82) is 0 Å². The van der Waals surface area contributed by atoms with E-state index in [1.807, 2.05) is 11.7 Å². The molecule has 31 heavy (non-hydrogen) atoms. The maximum atomic E-state index is 6.50. The molecule has 1 saturated carbocycles. The lowest BCUT2D eigenvalue weighted by Crippen LogP contribution is -2.46. The van der Waals surface area contributed by atoms with Crippen molar-refractivity contribution in [3.05, 3.63) is 46.8 Å². The lowest BCUT2D eigenvalue weighted by Gasteiger charge is -2.40. The molecule has 1 aliphatic heterocycles. The lowest BCUT2D eigenvalue weighted by atomic mass is 9.86. The van der Waals surface area contributed by atoms with E-state index in [0.717, 1.165) is 43.2 Å². The number of ether oxygens (including phenoxy) is 2. The number of hydrogen-bond acceptors (Lipinski definition) is 4. The molecule has 1 spiro atoms. The van der Waals surface area contributed by atoms with Gasteiger partial charge in [0.15, 0.2) is 5.96 Å². The number of aryl methyl sites for hydroxylation is 1. The molecule has 1 aromatic heterocycles. The summed E-state index contributed by atoms with van der Waals surface area (Å²) in [6.07, 6.45) is 5.72. The Morgan fingerprint density at radius 3 is 2.81 bits per heavy atom. The molecule has 4 rings (SSSR count). The van der Waals surface area contributed by atoms with E-state index in [0.29, 0.717) is 13.2 Å². The molecule has 1 unspecified atom stereocenters. The van der Waals surface area contributed by atoms with Gasteiger partial charge in [-0.1, -0.05) is 18.2 Å². The molecule has 0 bridgehead atoms.